The Balaban J connectivity index is 0.966. The van der Waals surface area contributed by atoms with Crippen molar-refractivity contribution in [3.63, 3.8) is 0 Å². The van der Waals surface area contributed by atoms with E-state index in [1.54, 1.807) is 25.2 Å². The van der Waals surface area contributed by atoms with Gasteiger partial charge in [0.1, 0.15) is 23.4 Å². The van der Waals surface area contributed by atoms with Crippen LogP contribution in [0.3, 0.4) is 0 Å². The van der Waals surface area contributed by atoms with Crippen LogP contribution >= 0.6 is 0 Å². The second-order valence-electron chi connectivity index (χ2n) is 15.6. The summed E-state index contributed by atoms with van der Waals surface area (Å²) in [6.45, 7) is 3.11. The van der Waals surface area contributed by atoms with Gasteiger partial charge in [-0.05, 0) is 87.5 Å². The molecule has 1 spiro atoms. The molecule has 3 aromatic heterocycles. The van der Waals surface area contributed by atoms with E-state index in [2.05, 4.69) is 42.1 Å². The van der Waals surface area contributed by atoms with Crippen LogP contribution in [0.4, 0.5) is 23.1 Å². The molecular formula is C40H48N10O4. The standard InChI is InChI=1S/C40H48N10O4/c1-46(2)38(54)33-20-27-21-42-39(45-36(27)50(33)29-7-4-5-8-29)43-34-13-11-31(22-41-34)48-18-16-40(25-48)15-6-17-49(40)30-10-9-26(24-51)28(19-30)23-47(3)32-12-14-35(52)44-37(32)53/h9-11,13,19-22,24,29,32H,4-8,12,14-18,23,25H2,1-3H3,(H,44,52,53)(H,41,42,43,45). The minimum atomic E-state index is -0.416. The van der Waals surface area contributed by atoms with Gasteiger partial charge < -0.3 is 24.6 Å². The number of amides is 3. The molecular weight excluding hydrogens is 685 g/mol. The molecule has 2 atom stereocenters. The number of piperidine rings is 1. The Morgan fingerprint density at radius 3 is 2.54 bits per heavy atom. The highest BCUT2D eigenvalue weighted by Crippen LogP contribution is 2.43. The number of likely N-dealkylation sites (N-methyl/N-ethyl adjacent to an activating group) is 1. The Bertz CT molecular complexity index is 2090. The summed E-state index contributed by atoms with van der Waals surface area (Å²) in [7, 11) is 5.42. The Kier molecular flexibility index (Phi) is 9.55. The van der Waals surface area contributed by atoms with Crippen molar-refractivity contribution in [1.82, 2.24) is 34.6 Å². The van der Waals surface area contributed by atoms with Crippen molar-refractivity contribution in [2.45, 2.75) is 82.0 Å². The molecule has 282 valence electrons. The first-order valence-corrected chi connectivity index (χ1v) is 19.1. The summed E-state index contributed by atoms with van der Waals surface area (Å²) in [6, 6.07) is 11.8. The number of imide groups is 1. The van der Waals surface area contributed by atoms with E-state index in [-0.39, 0.29) is 29.3 Å². The second-order valence-corrected chi connectivity index (χ2v) is 15.6. The topological polar surface area (TPSA) is 149 Å². The van der Waals surface area contributed by atoms with Gasteiger partial charge in [0.05, 0.1) is 23.5 Å². The van der Waals surface area contributed by atoms with Crippen molar-refractivity contribution in [1.29, 1.82) is 0 Å². The van der Waals surface area contributed by atoms with Crippen LogP contribution in [0.1, 0.15) is 90.2 Å². The number of pyridine rings is 1. The van der Waals surface area contributed by atoms with Crippen molar-refractivity contribution in [2.24, 2.45) is 0 Å². The molecule has 0 bridgehead atoms. The molecule has 1 aliphatic carbocycles. The monoisotopic (exact) mass is 732 g/mol. The van der Waals surface area contributed by atoms with Gasteiger partial charge in [-0.3, -0.25) is 29.4 Å². The maximum Gasteiger partial charge on any atom is 0.270 e. The molecule has 3 amide bonds. The average Bonchev–Trinajstić information content (AvgIpc) is 3.99. The minimum Gasteiger partial charge on any atom is -0.368 e. The van der Waals surface area contributed by atoms with Gasteiger partial charge in [-0.2, -0.15) is 4.98 Å². The van der Waals surface area contributed by atoms with Gasteiger partial charge in [0, 0.05) is 75.6 Å². The number of benzene rings is 1. The first-order chi connectivity index (χ1) is 26.1. The lowest BCUT2D eigenvalue weighted by atomic mass is 9.94. The number of aldehydes is 1. The van der Waals surface area contributed by atoms with Crippen molar-refractivity contribution in [3.05, 3.63) is 65.6 Å². The molecule has 8 rings (SSSR count). The summed E-state index contributed by atoms with van der Waals surface area (Å²) < 4.78 is 2.11. The molecule has 1 aromatic carbocycles. The number of rotatable bonds is 10. The van der Waals surface area contributed by atoms with Crippen LogP contribution < -0.4 is 20.4 Å². The molecule has 3 saturated heterocycles. The van der Waals surface area contributed by atoms with Crippen LogP contribution in [0, 0.1) is 0 Å². The highest BCUT2D eigenvalue weighted by molar-refractivity contribution is 6.00. The summed E-state index contributed by atoms with van der Waals surface area (Å²) >= 11 is 0. The van der Waals surface area contributed by atoms with Crippen LogP contribution in [-0.4, -0.2) is 106 Å². The third-order valence-corrected chi connectivity index (χ3v) is 11.9. The van der Waals surface area contributed by atoms with E-state index < -0.39 is 6.04 Å². The largest absolute Gasteiger partial charge is 0.368 e. The van der Waals surface area contributed by atoms with Crippen molar-refractivity contribution in [3.8, 4) is 0 Å². The highest BCUT2D eigenvalue weighted by Gasteiger charge is 2.46. The van der Waals surface area contributed by atoms with Gasteiger partial charge in [-0.1, -0.05) is 12.8 Å². The Morgan fingerprint density at radius 1 is 0.981 bits per heavy atom. The van der Waals surface area contributed by atoms with Gasteiger partial charge in [-0.25, -0.2) is 9.97 Å². The zero-order valence-corrected chi connectivity index (χ0v) is 31.3. The number of carbonyl (C=O) groups is 4. The number of carbonyl (C=O) groups excluding carboxylic acids is 4. The fraction of sp³-hybridized carbons (Fsp3) is 0.475. The van der Waals surface area contributed by atoms with Gasteiger partial charge in [0.2, 0.25) is 17.8 Å². The Labute approximate surface area is 314 Å². The SMILES string of the molecule is CN(C)C(=O)c1cc2cnc(Nc3ccc(N4CCC5(CCCN5c5ccc(C=O)c(CN(C)C6CCC(=O)NC6=O)c5)C4)cn3)nc2n1C1CCCC1. The Hall–Kier alpha value is -5.37. The molecule has 1 saturated carbocycles. The molecule has 4 aromatic rings. The van der Waals surface area contributed by atoms with Crippen LogP contribution in [0.5, 0.6) is 0 Å². The average molecular weight is 733 g/mol. The second kappa shape index (κ2) is 14.5. The van der Waals surface area contributed by atoms with E-state index in [9.17, 15) is 19.2 Å². The third kappa shape index (κ3) is 6.67. The quantitative estimate of drug-likeness (QED) is 0.173. The normalized spacial score (nSPS) is 21.8. The Morgan fingerprint density at radius 2 is 1.80 bits per heavy atom. The summed E-state index contributed by atoms with van der Waals surface area (Å²) in [6.07, 6.45) is 12.8. The zero-order valence-electron chi connectivity index (χ0n) is 31.3. The third-order valence-electron chi connectivity index (χ3n) is 11.9. The summed E-state index contributed by atoms with van der Waals surface area (Å²) in [5.74, 6) is 0.522. The zero-order chi connectivity index (χ0) is 37.6. The van der Waals surface area contributed by atoms with Gasteiger partial charge in [0.25, 0.3) is 5.91 Å². The molecule has 2 unspecified atom stereocenters. The lowest BCUT2D eigenvalue weighted by molar-refractivity contribution is -0.137. The van der Waals surface area contributed by atoms with Gasteiger partial charge in [-0.15, -0.1) is 0 Å². The number of fused-ring (bicyclic) bond motifs is 1. The van der Waals surface area contributed by atoms with E-state index in [0.717, 1.165) is 98.8 Å². The van der Waals surface area contributed by atoms with E-state index in [4.69, 9.17) is 9.97 Å². The molecule has 4 fully saturated rings. The van der Waals surface area contributed by atoms with Crippen LogP contribution in [0.2, 0.25) is 0 Å². The number of hydrogen-bond acceptors (Lipinski definition) is 11. The van der Waals surface area contributed by atoms with Crippen LogP contribution in [0.15, 0.2) is 48.8 Å². The molecule has 2 N–H and O–H groups in total. The highest BCUT2D eigenvalue weighted by atomic mass is 16.2. The fourth-order valence-electron chi connectivity index (χ4n) is 9.09. The molecule has 3 aliphatic heterocycles. The number of nitrogens with one attached hydrogen (secondary N) is 2. The van der Waals surface area contributed by atoms with E-state index >= 15 is 0 Å². The van der Waals surface area contributed by atoms with E-state index in [0.29, 0.717) is 42.4 Å². The molecule has 0 radical (unpaired) electrons. The van der Waals surface area contributed by atoms with Crippen molar-refractivity contribution in [2.75, 3.05) is 55.9 Å². The molecule has 14 heteroatoms. The van der Waals surface area contributed by atoms with Crippen LogP contribution in [0.25, 0.3) is 11.0 Å². The first kappa shape index (κ1) is 35.6. The first-order valence-electron chi connectivity index (χ1n) is 19.1. The minimum absolute atomic E-state index is 0.0356. The maximum atomic E-state index is 13.1. The predicted octanol–water partition coefficient (Wildman–Crippen LogP) is 4.69. The molecule has 14 nitrogen and oxygen atoms in total. The predicted molar refractivity (Wildman–Crippen MR) is 206 cm³/mol. The number of nitrogens with zero attached hydrogens (tertiary/aromatic N) is 8. The smallest absolute Gasteiger partial charge is 0.270 e. The van der Waals surface area contributed by atoms with Crippen LogP contribution in [-0.2, 0) is 16.1 Å². The maximum absolute atomic E-state index is 13.1. The molecule has 6 heterocycles. The molecule has 4 aliphatic rings. The fourth-order valence-corrected chi connectivity index (χ4v) is 9.09. The summed E-state index contributed by atoms with van der Waals surface area (Å²) in [4.78, 5) is 72.1. The molecule has 54 heavy (non-hydrogen) atoms. The van der Waals surface area contributed by atoms with E-state index in [1.807, 2.05) is 42.4 Å². The van der Waals surface area contributed by atoms with Gasteiger partial charge >= 0.3 is 0 Å². The summed E-state index contributed by atoms with van der Waals surface area (Å²) in [5.41, 5.74) is 4.97. The number of anilines is 4. The number of hydrogen-bond donors (Lipinski definition) is 2. The van der Waals surface area contributed by atoms with E-state index in [1.165, 1.54) is 0 Å². The van der Waals surface area contributed by atoms with Gasteiger partial charge in [0.15, 0.2) is 0 Å². The lowest BCUT2D eigenvalue weighted by Crippen LogP contribution is -2.51. The van der Waals surface area contributed by atoms with Crippen molar-refractivity contribution < 1.29 is 19.2 Å². The van der Waals surface area contributed by atoms with Crippen molar-refractivity contribution >= 4 is 58.2 Å². The summed E-state index contributed by atoms with van der Waals surface area (Å²) in [5, 5.41) is 6.58. The lowest BCUT2D eigenvalue weighted by Gasteiger charge is -2.38. The number of aromatic nitrogens is 4.